The summed E-state index contributed by atoms with van der Waals surface area (Å²) >= 11 is 0. The predicted octanol–water partition coefficient (Wildman–Crippen LogP) is 3.26. The molecule has 0 aliphatic heterocycles. The van der Waals surface area contributed by atoms with Crippen LogP contribution in [0.4, 0.5) is 8.78 Å². The molecular weight excluding hydrogens is 413 g/mol. The number of hydrogen-bond donors (Lipinski definition) is 1. The van der Waals surface area contributed by atoms with Crippen LogP contribution in [-0.2, 0) is 12.8 Å². The number of halogens is 2. The molecule has 8 heteroatoms. The van der Waals surface area contributed by atoms with Crippen LogP contribution in [0.3, 0.4) is 0 Å². The van der Waals surface area contributed by atoms with Crippen molar-refractivity contribution in [2.75, 3.05) is 0 Å². The second-order valence-corrected chi connectivity index (χ2v) is 7.68. The monoisotopic (exact) mass is 432 g/mol. The van der Waals surface area contributed by atoms with Crippen LogP contribution in [0.25, 0.3) is 16.9 Å². The van der Waals surface area contributed by atoms with Crippen LogP contribution in [-0.4, -0.2) is 17.6 Å². The summed E-state index contributed by atoms with van der Waals surface area (Å²) in [4.78, 5) is 24.5. The molecular formula is C24H19BF2N2O3. The molecule has 32 heavy (non-hydrogen) atoms. The molecule has 2 aromatic carbocycles. The maximum Gasteiger partial charge on any atom is 0.357 e. The molecule has 4 aromatic rings. The van der Waals surface area contributed by atoms with Gasteiger partial charge in [0.05, 0.1) is 17.4 Å². The maximum absolute atomic E-state index is 14.0. The molecule has 0 bridgehead atoms. The summed E-state index contributed by atoms with van der Waals surface area (Å²) in [6, 6.07) is 12.0. The number of H-pyrrole nitrogens is 1. The third-order valence-electron chi connectivity index (χ3n) is 5.48. The van der Waals surface area contributed by atoms with Crippen molar-refractivity contribution in [2.45, 2.75) is 26.7 Å². The van der Waals surface area contributed by atoms with E-state index in [1.165, 1.54) is 22.8 Å². The lowest BCUT2D eigenvalue weighted by Crippen LogP contribution is -2.38. The summed E-state index contributed by atoms with van der Waals surface area (Å²) in [6.45, 7) is 3.65. The molecule has 5 nitrogen and oxygen atoms in total. The molecule has 2 heterocycles. The van der Waals surface area contributed by atoms with E-state index in [2.05, 4.69) is 5.16 Å². The first kappa shape index (κ1) is 21.6. The summed E-state index contributed by atoms with van der Waals surface area (Å²) in [5.41, 5.74) is 3.41. The van der Waals surface area contributed by atoms with Gasteiger partial charge in [0.15, 0.2) is 0 Å². The van der Waals surface area contributed by atoms with Crippen LogP contribution >= 0.6 is 0 Å². The molecule has 2 aromatic heterocycles. The second-order valence-electron chi connectivity index (χ2n) is 7.68. The van der Waals surface area contributed by atoms with Gasteiger partial charge in [-0.05, 0) is 67.0 Å². The zero-order valence-electron chi connectivity index (χ0n) is 17.5. The Hall–Kier alpha value is -3.68. The van der Waals surface area contributed by atoms with Crippen LogP contribution in [0.5, 0.6) is 0 Å². The number of hydrogen-bond acceptors (Lipinski definition) is 3. The van der Waals surface area contributed by atoms with Crippen molar-refractivity contribution in [1.29, 1.82) is 0 Å². The van der Waals surface area contributed by atoms with E-state index in [-0.39, 0.29) is 17.4 Å². The second kappa shape index (κ2) is 8.46. The standard InChI is InChI=1S/C24H19BF2N2O3/c1-13-3-4-16(20-12-22(30)32-28-20)10-21(13)29-14(2)9-17(23(25)24(29)31)6-5-15-7-8-18(26)11-19(15)27/h3-4,7-12,28H,5-6H2,1-2H3. The normalized spacial score (nSPS) is 11.1. The van der Waals surface area contributed by atoms with Gasteiger partial charge >= 0.3 is 5.63 Å². The van der Waals surface area contributed by atoms with Gasteiger partial charge in [0.1, 0.15) is 19.5 Å². The van der Waals surface area contributed by atoms with E-state index >= 15 is 0 Å². The van der Waals surface area contributed by atoms with Gasteiger partial charge in [-0.15, -0.1) is 0 Å². The lowest BCUT2D eigenvalue weighted by atomic mass is 9.88. The van der Waals surface area contributed by atoms with E-state index in [1.807, 2.05) is 19.1 Å². The average molecular weight is 432 g/mol. The van der Waals surface area contributed by atoms with Crippen molar-refractivity contribution in [3.63, 3.8) is 0 Å². The fraction of sp³-hybridized carbons (Fsp3) is 0.167. The van der Waals surface area contributed by atoms with Gasteiger partial charge in [-0.1, -0.05) is 18.2 Å². The number of pyridine rings is 1. The van der Waals surface area contributed by atoms with Gasteiger partial charge in [0, 0.05) is 17.3 Å². The van der Waals surface area contributed by atoms with E-state index < -0.39 is 17.3 Å². The molecule has 0 unspecified atom stereocenters. The van der Waals surface area contributed by atoms with Crippen LogP contribution in [0.15, 0.2) is 62.6 Å². The zero-order valence-corrected chi connectivity index (χ0v) is 17.5. The molecule has 4 rings (SSSR count). The Bertz CT molecular complexity index is 1440. The fourth-order valence-corrected chi connectivity index (χ4v) is 3.75. The summed E-state index contributed by atoms with van der Waals surface area (Å²) in [6.07, 6.45) is 0.613. The molecule has 0 spiro atoms. The van der Waals surface area contributed by atoms with E-state index in [1.54, 1.807) is 19.1 Å². The van der Waals surface area contributed by atoms with Gasteiger partial charge in [-0.2, -0.15) is 0 Å². The van der Waals surface area contributed by atoms with Gasteiger partial charge in [-0.25, -0.2) is 18.7 Å². The van der Waals surface area contributed by atoms with Crippen LogP contribution in [0.1, 0.15) is 22.4 Å². The minimum absolute atomic E-state index is 0.0691. The Morgan fingerprint density at radius 1 is 0.969 bits per heavy atom. The lowest BCUT2D eigenvalue weighted by Gasteiger charge is -2.17. The first-order valence-electron chi connectivity index (χ1n) is 9.99. The van der Waals surface area contributed by atoms with Crippen molar-refractivity contribution in [2.24, 2.45) is 0 Å². The number of aryl methyl sites for hydroxylation is 4. The molecule has 2 radical (unpaired) electrons. The van der Waals surface area contributed by atoms with E-state index in [9.17, 15) is 18.4 Å². The Labute approximate surface area is 183 Å². The van der Waals surface area contributed by atoms with Crippen LogP contribution in [0, 0.1) is 25.5 Å². The Kier molecular flexibility index (Phi) is 5.69. The van der Waals surface area contributed by atoms with Gasteiger partial charge < -0.3 is 4.52 Å². The van der Waals surface area contributed by atoms with E-state index in [4.69, 9.17) is 12.4 Å². The van der Waals surface area contributed by atoms with Crippen molar-refractivity contribution < 1.29 is 13.3 Å². The Morgan fingerprint density at radius 2 is 1.72 bits per heavy atom. The average Bonchev–Trinajstić information content (AvgIpc) is 3.18. The van der Waals surface area contributed by atoms with Crippen molar-refractivity contribution in [3.05, 3.63) is 103 Å². The zero-order chi connectivity index (χ0) is 23.0. The van der Waals surface area contributed by atoms with Crippen molar-refractivity contribution >= 4 is 13.3 Å². The molecule has 0 amide bonds. The topological polar surface area (TPSA) is 68.0 Å². The van der Waals surface area contributed by atoms with Gasteiger partial charge in [0.25, 0.3) is 0 Å². The van der Waals surface area contributed by atoms with E-state index in [0.29, 0.717) is 40.2 Å². The molecule has 0 atom stereocenters. The fourth-order valence-electron chi connectivity index (χ4n) is 3.75. The molecule has 1 N–H and O–H groups in total. The summed E-state index contributed by atoms with van der Waals surface area (Å²) in [5, 5.41) is 2.56. The molecule has 0 saturated heterocycles. The van der Waals surface area contributed by atoms with Crippen LogP contribution in [0.2, 0.25) is 0 Å². The molecule has 0 aliphatic rings. The minimum atomic E-state index is -0.638. The number of aromatic nitrogens is 2. The Morgan fingerprint density at radius 3 is 2.41 bits per heavy atom. The predicted molar refractivity (Wildman–Crippen MR) is 119 cm³/mol. The maximum atomic E-state index is 14.0. The summed E-state index contributed by atoms with van der Waals surface area (Å²) < 4.78 is 33.3. The highest BCUT2D eigenvalue weighted by Crippen LogP contribution is 2.23. The number of nitrogens with zero attached hydrogens (tertiary/aromatic N) is 1. The molecule has 0 fully saturated rings. The number of rotatable bonds is 5. The van der Waals surface area contributed by atoms with Crippen molar-refractivity contribution in [3.8, 4) is 16.9 Å². The largest absolute Gasteiger partial charge is 0.357 e. The number of nitrogens with one attached hydrogen (secondary N) is 1. The molecule has 0 saturated carbocycles. The third-order valence-corrected chi connectivity index (χ3v) is 5.48. The smallest absolute Gasteiger partial charge is 0.339 e. The van der Waals surface area contributed by atoms with E-state index in [0.717, 1.165) is 11.6 Å². The third kappa shape index (κ3) is 4.08. The van der Waals surface area contributed by atoms with Gasteiger partial charge in [0.2, 0.25) is 5.56 Å². The lowest BCUT2D eigenvalue weighted by molar-refractivity contribution is 0.394. The van der Waals surface area contributed by atoms with Gasteiger partial charge in [-0.3, -0.25) is 9.36 Å². The summed E-state index contributed by atoms with van der Waals surface area (Å²) in [5.74, 6) is -1.26. The van der Waals surface area contributed by atoms with Crippen molar-refractivity contribution in [1.82, 2.24) is 9.72 Å². The summed E-state index contributed by atoms with van der Waals surface area (Å²) in [7, 11) is 6.17. The highest BCUT2D eigenvalue weighted by atomic mass is 19.1. The molecule has 160 valence electrons. The number of aromatic amines is 1. The van der Waals surface area contributed by atoms with Crippen LogP contribution < -0.4 is 16.6 Å². The highest BCUT2D eigenvalue weighted by Gasteiger charge is 2.15. The first-order chi connectivity index (χ1) is 15.2. The quantitative estimate of drug-likeness (QED) is 0.493. The SMILES string of the molecule is [B]c1c(CCc2ccc(F)cc2F)cc(C)n(-c2cc(-c3cc(=O)o[nH]3)ccc2C)c1=O. The first-order valence-corrected chi connectivity index (χ1v) is 9.99. The Balaban J connectivity index is 1.72. The minimum Gasteiger partial charge on any atom is -0.339 e. The highest BCUT2D eigenvalue weighted by molar-refractivity contribution is 6.33. The number of benzene rings is 2. The molecule has 0 aliphatic carbocycles.